The van der Waals surface area contributed by atoms with Crippen molar-refractivity contribution >= 4 is 0 Å². The van der Waals surface area contributed by atoms with Crippen molar-refractivity contribution in [1.82, 2.24) is 5.32 Å². The topological polar surface area (TPSA) is 32.3 Å². The van der Waals surface area contributed by atoms with Crippen molar-refractivity contribution in [1.29, 1.82) is 0 Å². The van der Waals surface area contributed by atoms with Crippen molar-refractivity contribution in [3.63, 3.8) is 0 Å². The minimum absolute atomic E-state index is 0.310. The van der Waals surface area contributed by atoms with E-state index in [2.05, 4.69) is 12.2 Å². The summed E-state index contributed by atoms with van der Waals surface area (Å²) in [5.74, 6) is 0.775. The van der Waals surface area contributed by atoms with Gasteiger partial charge in [-0.3, -0.25) is 0 Å². The van der Waals surface area contributed by atoms with Gasteiger partial charge in [-0.05, 0) is 31.7 Å². The Morgan fingerprint density at radius 3 is 2.70 bits per heavy atom. The summed E-state index contributed by atoms with van der Waals surface area (Å²) >= 11 is 0. The number of nitrogens with one attached hydrogen (secondary N) is 1. The van der Waals surface area contributed by atoms with Crippen LogP contribution in [0.2, 0.25) is 0 Å². The zero-order valence-corrected chi connectivity index (χ0v) is 6.64. The Balaban J connectivity index is 2.07. The molecule has 2 heteroatoms. The smallest absolute Gasteiger partial charge is 0.0587 e. The second kappa shape index (κ2) is 3.94. The number of hydrogen-bond acceptors (Lipinski definition) is 2. The van der Waals surface area contributed by atoms with E-state index < -0.39 is 0 Å². The first-order valence-corrected chi connectivity index (χ1v) is 4.22. The van der Waals surface area contributed by atoms with Crippen molar-refractivity contribution < 1.29 is 5.11 Å². The largest absolute Gasteiger partial charge is 0.395 e. The van der Waals surface area contributed by atoms with Crippen LogP contribution in [0.3, 0.4) is 0 Å². The lowest BCUT2D eigenvalue weighted by Crippen LogP contribution is -2.34. The van der Waals surface area contributed by atoms with Crippen LogP contribution in [0.1, 0.15) is 26.2 Å². The van der Waals surface area contributed by atoms with Gasteiger partial charge in [-0.15, -0.1) is 0 Å². The van der Waals surface area contributed by atoms with Crippen LogP contribution in [-0.2, 0) is 0 Å². The van der Waals surface area contributed by atoms with Crippen molar-refractivity contribution in [2.24, 2.45) is 5.92 Å². The van der Waals surface area contributed by atoms with E-state index >= 15 is 0 Å². The van der Waals surface area contributed by atoms with E-state index in [1.165, 1.54) is 12.8 Å². The molecular weight excluding hydrogens is 126 g/mol. The second-order valence-electron chi connectivity index (χ2n) is 3.08. The fraction of sp³-hybridized carbons (Fsp3) is 1.00. The Kier molecular flexibility index (Phi) is 3.16. The highest BCUT2D eigenvalue weighted by Crippen LogP contribution is 2.32. The molecule has 0 aliphatic heterocycles. The molecule has 1 atom stereocenters. The first-order valence-electron chi connectivity index (χ1n) is 4.22. The molecule has 0 saturated heterocycles. The third-order valence-electron chi connectivity index (χ3n) is 2.04. The maximum Gasteiger partial charge on any atom is 0.0587 e. The molecule has 0 aromatic rings. The average molecular weight is 143 g/mol. The number of aliphatic hydroxyl groups is 1. The van der Waals surface area contributed by atoms with Gasteiger partial charge in [0, 0.05) is 6.04 Å². The molecule has 1 unspecified atom stereocenters. The highest BCUT2D eigenvalue weighted by atomic mass is 16.3. The Labute approximate surface area is 62.6 Å². The summed E-state index contributed by atoms with van der Waals surface area (Å²) in [6, 6.07) is 0.389. The summed E-state index contributed by atoms with van der Waals surface area (Å²) in [5, 5.41) is 12.2. The van der Waals surface area contributed by atoms with Gasteiger partial charge in [0.15, 0.2) is 0 Å². The maximum absolute atomic E-state index is 8.90. The molecule has 1 aliphatic carbocycles. The SMILES string of the molecule is CCCNC(CO)C1CC1. The summed E-state index contributed by atoms with van der Waals surface area (Å²) < 4.78 is 0. The monoisotopic (exact) mass is 143 g/mol. The molecule has 0 aromatic heterocycles. The van der Waals surface area contributed by atoms with Crippen molar-refractivity contribution in [3.8, 4) is 0 Å². The standard InChI is InChI=1S/C8H17NO/c1-2-5-9-8(6-10)7-3-4-7/h7-10H,2-6H2,1H3. The Bertz CT molecular complexity index is 91.3. The first-order chi connectivity index (χ1) is 4.88. The third-order valence-corrected chi connectivity index (χ3v) is 2.04. The van der Waals surface area contributed by atoms with Gasteiger partial charge in [0.25, 0.3) is 0 Å². The Morgan fingerprint density at radius 1 is 1.60 bits per heavy atom. The molecule has 2 nitrogen and oxygen atoms in total. The first kappa shape index (κ1) is 8.02. The molecule has 0 radical (unpaired) electrons. The summed E-state index contributed by atoms with van der Waals surface area (Å²) in [4.78, 5) is 0. The molecular formula is C8H17NO. The van der Waals surface area contributed by atoms with Crippen molar-refractivity contribution in [3.05, 3.63) is 0 Å². The van der Waals surface area contributed by atoms with E-state index in [1.807, 2.05) is 0 Å². The van der Waals surface area contributed by atoms with Crippen LogP contribution in [0.15, 0.2) is 0 Å². The zero-order valence-electron chi connectivity index (χ0n) is 6.64. The van der Waals surface area contributed by atoms with Crippen LogP contribution in [-0.4, -0.2) is 24.3 Å². The van der Waals surface area contributed by atoms with Crippen molar-refractivity contribution in [2.75, 3.05) is 13.2 Å². The average Bonchev–Trinajstić information content (AvgIpc) is 2.73. The fourth-order valence-corrected chi connectivity index (χ4v) is 1.21. The number of aliphatic hydroxyl groups excluding tert-OH is 1. The van der Waals surface area contributed by atoms with Gasteiger partial charge >= 0.3 is 0 Å². The van der Waals surface area contributed by atoms with E-state index in [-0.39, 0.29) is 0 Å². The minimum atomic E-state index is 0.310. The van der Waals surface area contributed by atoms with E-state index in [1.54, 1.807) is 0 Å². The Morgan fingerprint density at radius 2 is 2.30 bits per heavy atom. The van der Waals surface area contributed by atoms with Gasteiger partial charge in [0.2, 0.25) is 0 Å². The quantitative estimate of drug-likeness (QED) is 0.595. The van der Waals surface area contributed by atoms with Crippen LogP contribution in [0.4, 0.5) is 0 Å². The lowest BCUT2D eigenvalue weighted by atomic mass is 10.2. The summed E-state index contributed by atoms with van der Waals surface area (Å²) in [6.07, 6.45) is 3.77. The van der Waals surface area contributed by atoms with Gasteiger partial charge in [-0.2, -0.15) is 0 Å². The summed E-state index contributed by atoms with van der Waals surface area (Å²) in [5.41, 5.74) is 0. The number of rotatable bonds is 5. The van der Waals surface area contributed by atoms with Crippen LogP contribution >= 0.6 is 0 Å². The lowest BCUT2D eigenvalue weighted by Gasteiger charge is -2.13. The molecule has 0 spiro atoms. The lowest BCUT2D eigenvalue weighted by molar-refractivity contribution is 0.229. The highest BCUT2D eigenvalue weighted by molar-refractivity contribution is 4.85. The van der Waals surface area contributed by atoms with Gasteiger partial charge in [0.1, 0.15) is 0 Å². The molecule has 0 amide bonds. The molecule has 60 valence electrons. The van der Waals surface area contributed by atoms with E-state index in [4.69, 9.17) is 5.11 Å². The van der Waals surface area contributed by atoms with E-state index in [9.17, 15) is 0 Å². The highest BCUT2D eigenvalue weighted by Gasteiger charge is 2.29. The predicted octanol–water partition coefficient (Wildman–Crippen LogP) is 0.757. The van der Waals surface area contributed by atoms with Crippen LogP contribution < -0.4 is 5.32 Å². The normalized spacial score (nSPS) is 21.0. The molecule has 1 saturated carbocycles. The third kappa shape index (κ3) is 2.27. The van der Waals surface area contributed by atoms with Gasteiger partial charge in [0.05, 0.1) is 6.61 Å². The minimum Gasteiger partial charge on any atom is -0.395 e. The molecule has 1 fully saturated rings. The van der Waals surface area contributed by atoms with E-state index in [0.717, 1.165) is 18.9 Å². The molecule has 0 aromatic carbocycles. The van der Waals surface area contributed by atoms with Gasteiger partial charge in [-0.1, -0.05) is 6.92 Å². The van der Waals surface area contributed by atoms with Gasteiger partial charge < -0.3 is 10.4 Å². The molecule has 2 N–H and O–H groups in total. The zero-order chi connectivity index (χ0) is 7.40. The van der Waals surface area contributed by atoms with Crippen molar-refractivity contribution in [2.45, 2.75) is 32.2 Å². The Hall–Kier alpha value is -0.0800. The molecule has 1 aliphatic rings. The van der Waals surface area contributed by atoms with Gasteiger partial charge in [-0.25, -0.2) is 0 Å². The predicted molar refractivity (Wildman–Crippen MR) is 41.9 cm³/mol. The van der Waals surface area contributed by atoms with Crippen LogP contribution in [0.25, 0.3) is 0 Å². The summed E-state index contributed by atoms with van der Waals surface area (Å²) in [6.45, 7) is 3.50. The fourth-order valence-electron chi connectivity index (χ4n) is 1.21. The maximum atomic E-state index is 8.90. The molecule has 10 heavy (non-hydrogen) atoms. The number of hydrogen-bond donors (Lipinski definition) is 2. The molecule has 0 bridgehead atoms. The van der Waals surface area contributed by atoms with Crippen LogP contribution in [0.5, 0.6) is 0 Å². The van der Waals surface area contributed by atoms with Crippen LogP contribution in [0, 0.1) is 5.92 Å². The van der Waals surface area contributed by atoms with E-state index in [0.29, 0.717) is 12.6 Å². The second-order valence-corrected chi connectivity index (χ2v) is 3.08. The summed E-state index contributed by atoms with van der Waals surface area (Å²) in [7, 11) is 0. The molecule has 0 heterocycles. The molecule has 1 rings (SSSR count).